The summed E-state index contributed by atoms with van der Waals surface area (Å²) in [5.74, 6) is -0.596. The molecule has 0 aliphatic rings. The molecule has 2 N–H and O–H groups in total. The van der Waals surface area contributed by atoms with Crippen LogP contribution in [0.5, 0.6) is 0 Å². The van der Waals surface area contributed by atoms with Gasteiger partial charge in [-0.1, -0.05) is 12.1 Å². The first-order valence-corrected chi connectivity index (χ1v) is 7.79. The molecule has 0 amide bonds. The largest absolute Gasteiger partial charge is 0.399 e. The SMILES string of the molecule is Cc1cc(N)cc(S(=O)(=O)N(C)c2ccccc2F)c1C. The number of aryl methyl sites for hydroxylation is 1. The molecule has 0 spiro atoms. The van der Waals surface area contributed by atoms with Gasteiger partial charge in [-0.2, -0.15) is 0 Å². The molecule has 0 unspecified atom stereocenters. The Morgan fingerprint density at radius 2 is 1.76 bits per heavy atom. The predicted octanol–water partition coefficient (Wildman–Crippen LogP) is 2.85. The van der Waals surface area contributed by atoms with Crippen molar-refractivity contribution in [2.45, 2.75) is 18.7 Å². The van der Waals surface area contributed by atoms with Crippen LogP contribution in [0, 0.1) is 19.7 Å². The van der Waals surface area contributed by atoms with Gasteiger partial charge in [-0.15, -0.1) is 0 Å². The summed E-state index contributed by atoms with van der Waals surface area (Å²) in [4.78, 5) is 0.0887. The highest BCUT2D eigenvalue weighted by Gasteiger charge is 2.26. The van der Waals surface area contributed by atoms with E-state index in [0.29, 0.717) is 11.3 Å². The van der Waals surface area contributed by atoms with E-state index >= 15 is 0 Å². The van der Waals surface area contributed by atoms with Crippen LogP contribution in [0.2, 0.25) is 0 Å². The highest BCUT2D eigenvalue weighted by atomic mass is 32.2. The lowest BCUT2D eigenvalue weighted by Crippen LogP contribution is -2.28. The molecule has 0 heterocycles. The van der Waals surface area contributed by atoms with Crippen LogP contribution in [-0.4, -0.2) is 15.5 Å². The first-order chi connectivity index (χ1) is 9.75. The number of anilines is 2. The van der Waals surface area contributed by atoms with Crippen LogP contribution < -0.4 is 10.0 Å². The number of nitrogens with two attached hydrogens (primary N) is 1. The number of nitrogen functional groups attached to an aromatic ring is 1. The van der Waals surface area contributed by atoms with Crippen LogP contribution in [0.15, 0.2) is 41.3 Å². The summed E-state index contributed by atoms with van der Waals surface area (Å²) in [5.41, 5.74) is 7.47. The van der Waals surface area contributed by atoms with E-state index in [1.54, 1.807) is 26.0 Å². The number of hydrogen-bond donors (Lipinski definition) is 1. The van der Waals surface area contributed by atoms with Gasteiger partial charge in [0, 0.05) is 12.7 Å². The van der Waals surface area contributed by atoms with Crippen molar-refractivity contribution in [2.75, 3.05) is 17.1 Å². The number of sulfonamides is 1. The zero-order chi connectivity index (χ0) is 15.8. The third-order valence-electron chi connectivity index (χ3n) is 3.47. The lowest BCUT2D eigenvalue weighted by molar-refractivity contribution is 0.589. The van der Waals surface area contributed by atoms with Crippen molar-refractivity contribution < 1.29 is 12.8 Å². The molecule has 0 saturated carbocycles. The Balaban J connectivity index is 2.60. The van der Waals surface area contributed by atoms with Gasteiger partial charge in [-0.05, 0) is 49.2 Å². The summed E-state index contributed by atoms with van der Waals surface area (Å²) in [6.45, 7) is 3.49. The number of nitrogens with zero attached hydrogens (tertiary/aromatic N) is 1. The molecule has 2 rings (SSSR count). The number of halogens is 1. The lowest BCUT2D eigenvalue weighted by atomic mass is 10.1. The van der Waals surface area contributed by atoms with E-state index in [2.05, 4.69) is 0 Å². The van der Waals surface area contributed by atoms with Crippen LogP contribution in [-0.2, 0) is 10.0 Å². The quantitative estimate of drug-likeness (QED) is 0.887. The molecular formula is C15H17FN2O2S. The first-order valence-electron chi connectivity index (χ1n) is 6.35. The molecule has 2 aromatic carbocycles. The summed E-state index contributed by atoms with van der Waals surface area (Å²) in [5, 5.41) is 0. The highest BCUT2D eigenvalue weighted by molar-refractivity contribution is 7.92. The van der Waals surface area contributed by atoms with Crippen molar-refractivity contribution in [3.8, 4) is 0 Å². The lowest BCUT2D eigenvalue weighted by Gasteiger charge is -2.22. The Hall–Kier alpha value is -2.08. The van der Waals surface area contributed by atoms with Crippen LogP contribution in [0.1, 0.15) is 11.1 Å². The standard InChI is InChI=1S/C15H17FN2O2S/c1-10-8-12(17)9-15(11(10)2)21(19,20)18(3)14-7-5-4-6-13(14)16/h4-9H,17H2,1-3H3. The van der Waals surface area contributed by atoms with E-state index in [0.717, 1.165) is 9.87 Å². The van der Waals surface area contributed by atoms with E-state index in [1.807, 2.05) is 0 Å². The second-order valence-corrected chi connectivity index (χ2v) is 6.82. The molecule has 0 aliphatic carbocycles. The van der Waals surface area contributed by atoms with Crippen molar-refractivity contribution in [2.24, 2.45) is 0 Å². The van der Waals surface area contributed by atoms with Crippen molar-refractivity contribution in [1.82, 2.24) is 0 Å². The zero-order valence-electron chi connectivity index (χ0n) is 12.1. The maximum Gasteiger partial charge on any atom is 0.264 e. The fourth-order valence-corrected chi connectivity index (χ4v) is 3.64. The third kappa shape index (κ3) is 2.71. The van der Waals surface area contributed by atoms with Gasteiger partial charge in [-0.25, -0.2) is 12.8 Å². The Bertz CT molecular complexity index is 788. The van der Waals surface area contributed by atoms with Gasteiger partial charge in [0.2, 0.25) is 0 Å². The molecule has 0 fully saturated rings. The van der Waals surface area contributed by atoms with Crippen LogP contribution >= 0.6 is 0 Å². The molecule has 0 aliphatic heterocycles. The Kier molecular flexibility index (Phi) is 3.91. The highest BCUT2D eigenvalue weighted by Crippen LogP contribution is 2.29. The molecule has 0 bridgehead atoms. The van der Waals surface area contributed by atoms with Gasteiger partial charge in [0.1, 0.15) is 5.82 Å². The number of rotatable bonds is 3. The predicted molar refractivity (Wildman–Crippen MR) is 82.3 cm³/mol. The molecule has 112 valence electrons. The Morgan fingerprint density at radius 1 is 1.14 bits per heavy atom. The minimum atomic E-state index is -3.88. The van der Waals surface area contributed by atoms with Crippen LogP contribution in [0.4, 0.5) is 15.8 Å². The van der Waals surface area contributed by atoms with E-state index < -0.39 is 15.8 Å². The van der Waals surface area contributed by atoms with Gasteiger partial charge >= 0.3 is 0 Å². The monoisotopic (exact) mass is 308 g/mol. The first kappa shape index (κ1) is 15.3. The zero-order valence-corrected chi connectivity index (χ0v) is 12.9. The topological polar surface area (TPSA) is 63.4 Å². The maximum absolute atomic E-state index is 13.8. The molecule has 0 radical (unpaired) electrons. The minimum Gasteiger partial charge on any atom is -0.399 e. The second kappa shape index (κ2) is 5.37. The van der Waals surface area contributed by atoms with Crippen molar-refractivity contribution in [3.63, 3.8) is 0 Å². The number of benzene rings is 2. The van der Waals surface area contributed by atoms with E-state index in [-0.39, 0.29) is 10.6 Å². The van der Waals surface area contributed by atoms with E-state index in [9.17, 15) is 12.8 Å². The summed E-state index contributed by atoms with van der Waals surface area (Å²) < 4.78 is 40.2. The summed E-state index contributed by atoms with van der Waals surface area (Å²) in [6, 6.07) is 8.84. The van der Waals surface area contributed by atoms with Gasteiger partial charge in [-0.3, -0.25) is 4.31 Å². The fourth-order valence-electron chi connectivity index (χ4n) is 2.11. The third-order valence-corrected chi connectivity index (χ3v) is 5.37. The van der Waals surface area contributed by atoms with Gasteiger partial charge in [0.15, 0.2) is 0 Å². The van der Waals surface area contributed by atoms with Gasteiger partial charge < -0.3 is 5.73 Å². The average molecular weight is 308 g/mol. The summed E-state index contributed by atoms with van der Waals surface area (Å²) in [7, 11) is -2.55. The summed E-state index contributed by atoms with van der Waals surface area (Å²) in [6.07, 6.45) is 0. The molecule has 21 heavy (non-hydrogen) atoms. The number of hydrogen-bond acceptors (Lipinski definition) is 3. The molecule has 0 aromatic heterocycles. The Morgan fingerprint density at radius 3 is 2.38 bits per heavy atom. The van der Waals surface area contributed by atoms with Gasteiger partial charge in [0.05, 0.1) is 10.6 Å². The molecule has 4 nitrogen and oxygen atoms in total. The van der Waals surface area contributed by atoms with Crippen LogP contribution in [0.3, 0.4) is 0 Å². The summed E-state index contributed by atoms with van der Waals surface area (Å²) >= 11 is 0. The number of para-hydroxylation sites is 1. The molecule has 0 atom stereocenters. The van der Waals surface area contributed by atoms with Crippen molar-refractivity contribution in [3.05, 3.63) is 53.3 Å². The van der Waals surface area contributed by atoms with Crippen molar-refractivity contribution in [1.29, 1.82) is 0 Å². The fraction of sp³-hybridized carbons (Fsp3) is 0.200. The van der Waals surface area contributed by atoms with E-state index in [4.69, 9.17) is 5.73 Å². The normalized spacial score (nSPS) is 11.4. The Labute approximate surface area is 124 Å². The average Bonchev–Trinajstić information content (AvgIpc) is 2.42. The molecule has 6 heteroatoms. The van der Waals surface area contributed by atoms with Crippen LogP contribution in [0.25, 0.3) is 0 Å². The molecular weight excluding hydrogens is 291 g/mol. The minimum absolute atomic E-state index is 0.00280. The molecule has 2 aromatic rings. The van der Waals surface area contributed by atoms with E-state index in [1.165, 1.54) is 31.3 Å². The maximum atomic E-state index is 13.8. The smallest absolute Gasteiger partial charge is 0.264 e. The van der Waals surface area contributed by atoms with Gasteiger partial charge in [0.25, 0.3) is 10.0 Å². The molecule has 0 saturated heterocycles. The van der Waals surface area contributed by atoms with Crippen molar-refractivity contribution >= 4 is 21.4 Å². The second-order valence-electron chi connectivity index (χ2n) is 4.88.